The average Bonchev–Trinajstić information content (AvgIpc) is 3.16. The monoisotopic (exact) mass is 484 g/mol. The van der Waals surface area contributed by atoms with Crippen LogP contribution in [0.5, 0.6) is 0 Å². The van der Waals surface area contributed by atoms with E-state index in [2.05, 4.69) is 20.8 Å². The molecule has 0 saturated heterocycles. The quantitative estimate of drug-likeness (QED) is 0.452. The van der Waals surface area contributed by atoms with Crippen molar-refractivity contribution in [3.63, 3.8) is 0 Å². The van der Waals surface area contributed by atoms with Crippen molar-refractivity contribution in [1.82, 2.24) is 15.5 Å². The molecule has 0 radical (unpaired) electrons. The number of hydrogen-bond donors (Lipinski definition) is 2. The number of amides is 2. The predicted octanol–water partition coefficient (Wildman–Crippen LogP) is 3.25. The first-order valence-corrected chi connectivity index (χ1v) is 14.3. The first-order valence-electron chi connectivity index (χ1n) is 10.8. The van der Waals surface area contributed by atoms with Crippen molar-refractivity contribution >= 4 is 30.8 Å². The molecule has 1 aromatic heterocycles. The van der Waals surface area contributed by atoms with Gasteiger partial charge in [-0.25, -0.2) is 4.39 Å². The number of halogens is 1. The van der Waals surface area contributed by atoms with Crippen LogP contribution in [0.15, 0.2) is 46.9 Å². The fraction of sp³-hybridized carbons (Fsp3) is 0.333. The molecule has 8 nitrogen and oxygen atoms in total. The normalized spacial score (nSPS) is 12.3. The second-order valence-electron chi connectivity index (χ2n) is 9.00. The zero-order valence-electron chi connectivity index (χ0n) is 19.9. The molecule has 2 aromatic carbocycles. The molecule has 1 atom stereocenters. The maximum Gasteiger partial charge on any atom is 0.251 e. The second-order valence-corrected chi connectivity index (χ2v) is 14.0. The Hall–Kier alpha value is -3.37. The predicted molar refractivity (Wildman–Crippen MR) is 129 cm³/mol. The van der Waals surface area contributed by atoms with Gasteiger partial charge in [0.05, 0.1) is 14.7 Å². The Balaban J connectivity index is 1.82. The van der Waals surface area contributed by atoms with Crippen LogP contribution in [0, 0.1) is 12.7 Å². The van der Waals surface area contributed by atoms with Crippen LogP contribution in [0.1, 0.15) is 29.0 Å². The summed E-state index contributed by atoms with van der Waals surface area (Å²) >= 11 is 0. The van der Waals surface area contributed by atoms with Crippen molar-refractivity contribution in [2.75, 3.05) is 12.4 Å². The van der Waals surface area contributed by atoms with Gasteiger partial charge in [0.15, 0.2) is 0 Å². The molecule has 34 heavy (non-hydrogen) atoms. The van der Waals surface area contributed by atoms with Crippen molar-refractivity contribution in [2.45, 2.75) is 45.6 Å². The minimum absolute atomic E-state index is 0.147. The van der Waals surface area contributed by atoms with Crippen molar-refractivity contribution in [1.29, 1.82) is 0 Å². The van der Waals surface area contributed by atoms with E-state index in [9.17, 15) is 14.0 Å². The highest BCUT2D eigenvalue weighted by atomic mass is 28.3. The number of aromatic nitrogens is 2. The Morgan fingerprint density at radius 2 is 1.82 bits per heavy atom. The molecule has 1 unspecified atom stereocenters. The number of nitrogens with zero attached hydrogens (tertiary/aromatic N) is 2. The van der Waals surface area contributed by atoms with Crippen molar-refractivity contribution in [2.24, 2.45) is 0 Å². The minimum atomic E-state index is -1.86. The molecule has 0 aliphatic carbocycles. The van der Waals surface area contributed by atoms with E-state index < -0.39 is 25.9 Å². The molecule has 3 aromatic rings. The molecular formula is C24H29FN4O4Si. The summed E-state index contributed by atoms with van der Waals surface area (Å²) in [6.45, 7) is 8.19. The summed E-state index contributed by atoms with van der Waals surface area (Å²) in [7, 11) is -0.266. The van der Waals surface area contributed by atoms with Crippen LogP contribution >= 0.6 is 0 Å². The highest BCUT2D eigenvalue weighted by Gasteiger charge is 2.25. The molecule has 1 heterocycles. The third kappa shape index (κ3) is 6.58. The van der Waals surface area contributed by atoms with Gasteiger partial charge in [-0.05, 0) is 28.4 Å². The lowest BCUT2D eigenvalue weighted by Gasteiger charge is -2.21. The van der Waals surface area contributed by atoms with E-state index in [1.165, 1.54) is 6.07 Å². The summed E-state index contributed by atoms with van der Waals surface area (Å²) in [6, 6.07) is 10.8. The summed E-state index contributed by atoms with van der Waals surface area (Å²) in [5.74, 6) is -0.837. The Bertz CT molecular complexity index is 1160. The number of carbonyl (C=O) groups is 2. The molecule has 3 rings (SSSR count). The SMILES string of the molecule is COCc1ccc(C(NC(=O)Cc2nnc(C)o2)C(=O)Nc2ccc([Si](C)(C)C)c(F)c2)cc1. The molecule has 0 spiro atoms. The largest absolute Gasteiger partial charge is 0.425 e. The van der Waals surface area contributed by atoms with Gasteiger partial charge in [0, 0.05) is 19.7 Å². The van der Waals surface area contributed by atoms with Gasteiger partial charge >= 0.3 is 0 Å². The Kier molecular flexibility index (Phi) is 7.95. The van der Waals surface area contributed by atoms with E-state index in [0.717, 1.165) is 5.56 Å². The van der Waals surface area contributed by atoms with E-state index in [-0.39, 0.29) is 18.1 Å². The Morgan fingerprint density at radius 3 is 2.38 bits per heavy atom. The number of nitrogens with one attached hydrogen (secondary N) is 2. The van der Waals surface area contributed by atoms with Gasteiger partial charge in [0.2, 0.25) is 17.7 Å². The summed E-state index contributed by atoms with van der Waals surface area (Å²) in [5, 5.41) is 13.6. The van der Waals surface area contributed by atoms with Gasteiger partial charge in [-0.15, -0.1) is 10.2 Å². The van der Waals surface area contributed by atoms with E-state index in [4.69, 9.17) is 9.15 Å². The second kappa shape index (κ2) is 10.7. The molecule has 10 heteroatoms. The Morgan fingerprint density at radius 1 is 1.12 bits per heavy atom. The zero-order chi connectivity index (χ0) is 24.9. The highest BCUT2D eigenvalue weighted by molar-refractivity contribution is 6.88. The summed E-state index contributed by atoms with van der Waals surface area (Å²) in [5.41, 5.74) is 1.79. The summed E-state index contributed by atoms with van der Waals surface area (Å²) in [6.07, 6.45) is -0.175. The Labute approximate surface area is 198 Å². The lowest BCUT2D eigenvalue weighted by atomic mass is 10.0. The summed E-state index contributed by atoms with van der Waals surface area (Å²) < 4.78 is 25.1. The van der Waals surface area contributed by atoms with Crippen molar-refractivity contribution in [3.8, 4) is 0 Å². The number of rotatable bonds is 9. The number of carbonyl (C=O) groups excluding carboxylic acids is 2. The lowest BCUT2D eigenvalue weighted by molar-refractivity contribution is -0.126. The van der Waals surface area contributed by atoms with Gasteiger partial charge in [-0.2, -0.15) is 0 Å². The van der Waals surface area contributed by atoms with Crippen LogP contribution in [0.2, 0.25) is 19.6 Å². The molecule has 0 saturated carbocycles. The average molecular weight is 485 g/mol. The molecule has 2 N–H and O–H groups in total. The van der Waals surface area contributed by atoms with Crippen LogP contribution in [0.3, 0.4) is 0 Å². The van der Waals surface area contributed by atoms with Crippen LogP contribution in [0.4, 0.5) is 10.1 Å². The maximum absolute atomic E-state index is 14.7. The van der Waals surface area contributed by atoms with Gasteiger partial charge in [0.25, 0.3) is 5.91 Å². The standard InChI is InChI=1S/C24H29FN4O4Si/c1-15-28-29-22(33-15)13-21(30)27-23(17-8-6-16(7-9-17)14-32-2)24(31)26-18-10-11-20(19(25)12-18)34(3,4)5/h6-12,23H,13-14H2,1-5H3,(H,26,31)(H,27,30). The topological polar surface area (TPSA) is 106 Å². The molecule has 0 bridgehead atoms. The van der Waals surface area contributed by atoms with Crippen LogP contribution in [0.25, 0.3) is 0 Å². The van der Waals surface area contributed by atoms with Crippen LogP contribution in [-0.2, 0) is 27.4 Å². The first-order chi connectivity index (χ1) is 16.1. The molecule has 0 fully saturated rings. The third-order valence-electron chi connectivity index (χ3n) is 5.12. The maximum atomic E-state index is 14.7. The van der Waals surface area contributed by atoms with Crippen LogP contribution < -0.4 is 15.8 Å². The first kappa shape index (κ1) is 25.3. The number of anilines is 1. The number of benzene rings is 2. The fourth-order valence-corrected chi connectivity index (χ4v) is 4.82. The molecule has 0 aliphatic heterocycles. The zero-order valence-corrected chi connectivity index (χ0v) is 20.9. The van der Waals surface area contributed by atoms with E-state index >= 15 is 0 Å². The molecule has 0 aliphatic rings. The number of hydrogen-bond acceptors (Lipinski definition) is 6. The van der Waals surface area contributed by atoms with Crippen molar-refractivity contribution < 1.29 is 23.1 Å². The number of aryl methyl sites for hydroxylation is 1. The molecular weight excluding hydrogens is 455 g/mol. The van der Waals surface area contributed by atoms with Gasteiger partial charge in [-0.1, -0.05) is 50.0 Å². The number of ether oxygens (including phenoxy) is 1. The minimum Gasteiger partial charge on any atom is -0.425 e. The summed E-state index contributed by atoms with van der Waals surface area (Å²) in [4.78, 5) is 25.8. The van der Waals surface area contributed by atoms with E-state index in [1.807, 2.05) is 31.8 Å². The highest BCUT2D eigenvalue weighted by Crippen LogP contribution is 2.19. The molecule has 2 amide bonds. The smallest absolute Gasteiger partial charge is 0.251 e. The van der Waals surface area contributed by atoms with E-state index in [1.54, 1.807) is 38.3 Å². The van der Waals surface area contributed by atoms with Gasteiger partial charge in [0.1, 0.15) is 18.3 Å². The van der Waals surface area contributed by atoms with Gasteiger partial charge in [-0.3, -0.25) is 9.59 Å². The van der Waals surface area contributed by atoms with Crippen molar-refractivity contribution in [3.05, 3.63) is 71.2 Å². The van der Waals surface area contributed by atoms with Crippen LogP contribution in [-0.4, -0.2) is 37.2 Å². The van der Waals surface area contributed by atoms with Gasteiger partial charge < -0.3 is 19.8 Å². The lowest BCUT2D eigenvalue weighted by Crippen LogP contribution is -2.40. The third-order valence-corrected chi connectivity index (χ3v) is 7.14. The number of methoxy groups -OCH3 is 1. The van der Waals surface area contributed by atoms with E-state index in [0.29, 0.717) is 28.9 Å². The fourth-order valence-electron chi connectivity index (χ4n) is 3.45. The molecule has 180 valence electrons.